The molecule has 0 saturated carbocycles. The summed E-state index contributed by atoms with van der Waals surface area (Å²) in [7, 11) is 3.12. The Balaban J connectivity index is 1.60. The summed E-state index contributed by atoms with van der Waals surface area (Å²) in [6.45, 7) is 2.89. The van der Waals surface area contributed by atoms with Gasteiger partial charge in [0.1, 0.15) is 6.33 Å². The maximum absolute atomic E-state index is 12.3. The maximum Gasteiger partial charge on any atom is 0.315 e. The highest BCUT2D eigenvalue weighted by Gasteiger charge is 2.14. The summed E-state index contributed by atoms with van der Waals surface area (Å²) >= 11 is 0. The van der Waals surface area contributed by atoms with E-state index < -0.39 is 0 Å². The maximum atomic E-state index is 12.3. The van der Waals surface area contributed by atoms with Gasteiger partial charge in [0.2, 0.25) is 5.75 Å². The molecule has 2 aromatic carbocycles. The van der Waals surface area contributed by atoms with Crippen LogP contribution in [0, 0.1) is 0 Å². The highest BCUT2D eigenvalue weighted by molar-refractivity contribution is 5.73. The number of benzene rings is 2. The number of para-hydroxylation sites is 1. The fourth-order valence-corrected chi connectivity index (χ4v) is 2.91. The molecule has 0 aliphatic rings. The number of ether oxygens (including phenoxy) is 3. The first-order valence-corrected chi connectivity index (χ1v) is 9.50. The van der Waals surface area contributed by atoms with E-state index in [1.807, 2.05) is 41.8 Å². The van der Waals surface area contributed by atoms with Gasteiger partial charge in [0.15, 0.2) is 17.3 Å². The summed E-state index contributed by atoms with van der Waals surface area (Å²) in [5, 5.41) is 13.6. The van der Waals surface area contributed by atoms with E-state index in [0.29, 0.717) is 29.7 Å². The normalized spacial score (nSPS) is 10.4. The zero-order chi connectivity index (χ0) is 21.3. The van der Waals surface area contributed by atoms with Crippen molar-refractivity contribution in [2.75, 3.05) is 20.8 Å². The molecule has 0 spiro atoms. The van der Waals surface area contributed by atoms with Crippen molar-refractivity contribution in [3.63, 3.8) is 0 Å². The van der Waals surface area contributed by atoms with Gasteiger partial charge in [0, 0.05) is 12.2 Å². The average Bonchev–Trinajstić information content (AvgIpc) is 3.26. The van der Waals surface area contributed by atoms with Crippen LogP contribution in [0.3, 0.4) is 0 Å². The zero-order valence-corrected chi connectivity index (χ0v) is 17.2. The van der Waals surface area contributed by atoms with Gasteiger partial charge in [-0.25, -0.2) is 4.79 Å². The molecule has 2 amide bonds. The van der Waals surface area contributed by atoms with Crippen molar-refractivity contribution in [1.29, 1.82) is 0 Å². The molecule has 0 aliphatic carbocycles. The molecule has 0 saturated heterocycles. The fourth-order valence-electron chi connectivity index (χ4n) is 2.91. The van der Waals surface area contributed by atoms with Crippen LogP contribution in [-0.4, -0.2) is 41.6 Å². The monoisotopic (exact) mass is 411 g/mol. The molecule has 9 heteroatoms. The molecule has 9 nitrogen and oxygen atoms in total. The van der Waals surface area contributed by atoms with Crippen LogP contribution < -0.4 is 24.8 Å². The SMILES string of the molecule is CCOc1c(OC)cc(CNC(=O)NCc2nncn2-c2ccccc2)cc1OC. The Morgan fingerprint density at radius 3 is 2.33 bits per heavy atom. The second-order valence-electron chi connectivity index (χ2n) is 6.25. The molecule has 3 aromatic rings. The summed E-state index contributed by atoms with van der Waals surface area (Å²) in [5.41, 5.74) is 1.74. The molecular formula is C21H25N5O4. The molecule has 0 aliphatic heterocycles. The molecular weight excluding hydrogens is 386 g/mol. The second-order valence-corrected chi connectivity index (χ2v) is 6.25. The molecule has 30 heavy (non-hydrogen) atoms. The first-order valence-electron chi connectivity index (χ1n) is 9.50. The molecule has 0 bridgehead atoms. The molecule has 0 radical (unpaired) electrons. The van der Waals surface area contributed by atoms with E-state index in [1.165, 1.54) is 0 Å². The van der Waals surface area contributed by atoms with Crippen LogP contribution in [0.4, 0.5) is 4.79 Å². The van der Waals surface area contributed by atoms with Crippen LogP contribution in [0.25, 0.3) is 5.69 Å². The number of carbonyl (C=O) groups is 1. The van der Waals surface area contributed by atoms with Crippen molar-refractivity contribution in [2.45, 2.75) is 20.0 Å². The quantitative estimate of drug-likeness (QED) is 0.562. The number of nitrogens with one attached hydrogen (secondary N) is 2. The number of carbonyl (C=O) groups excluding carboxylic acids is 1. The molecule has 2 N–H and O–H groups in total. The van der Waals surface area contributed by atoms with Gasteiger partial charge in [-0.05, 0) is 36.8 Å². The van der Waals surface area contributed by atoms with Gasteiger partial charge in [0.25, 0.3) is 0 Å². The number of urea groups is 1. The Hall–Kier alpha value is -3.75. The number of aromatic nitrogens is 3. The summed E-state index contributed by atoms with van der Waals surface area (Å²) in [6, 6.07) is 13.0. The summed E-state index contributed by atoms with van der Waals surface area (Å²) in [5.74, 6) is 2.26. The lowest BCUT2D eigenvalue weighted by Gasteiger charge is -2.15. The minimum absolute atomic E-state index is 0.233. The van der Waals surface area contributed by atoms with Crippen LogP contribution >= 0.6 is 0 Å². The molecule has 3 rings (SSSR count). The molecule has 0 fully saturated rings. The van der Waals surface area contributed by atoms with Crippen molar-refractivity contribution in [1.82, 2.24) is 25.4 Å². The van der Waals surface area contributed by atoms with Crippen molar-refractivity contribution in [3.05, 3.63) is 60.2 Å². The summed E-state index contributed by atoms with van der Waals surface area (Å²) in [4.78, 5) is 12.3. The smallest absolute Gasteiger partial charge is 0.315 e. The van der Waals surface area contributed by atoms with E-state index in [-0.39, 0.29) is 19.1 Å². The van der Waals surface area contributed by atoms with Crippen molar-refractivity contribution < 1.29 is 19.0 Å². The molecule has 158 valence electrons. The Kier molecular flexibility index (Phi) is 7.09. The Morgan fingerprint density at radius 2 is 1.70 bits per heavy atom. The standard InChI is InChI=1S/C21H25N5O4/c1-4-30-20-17(28-2)10-15(11-18(20)29-3)12-22-21(27)23-13-19-25-24-14-26(19)16-8-6-5-7-9-16/h5-11,14H,4,12-13H2,1-3H3,(H2,22,23,27). The third kappa shape index (κ3) is 4.99. The highest BCUT2D eigenvalue weighted by Crippen LogP contribution is 2.38. The lowest BCUT2D eigenvalue weighted by Crippen LogP contribution is -2.35. The summed E-state index contributed by atoms with van der Waals surface area (Å²) in [6.07, 6.45) is 1.61. The van der Waals surface area contributed by atoms with Crippen LogP contribution in [-0.2, 0) is 13.1 Å². The van der Waals surface area contributed by atoms with Crippen LogP contribution in [0.5, 0.6) is 17.2 Å². The number of nitrogens with zero attached hydrogens (tertiary/aromatic N) is 3. The topological polar surface area (TPSA) is 99.5 Å². The van der Waals surface area contributed by atoms with Crippen LogP contribution in [0.15, 0.2) is 48.8 Å². The molecule has 1 heterocycles. The van der Waals surface area contributed by atoms with Gasteiger partial charge in [-0.3, -0.25) is 4.57 Å². The van der Waals surface area contributed by atoms with E-state index >= 15 is 0 Å². The lowest BCUT2D eigenvalue weighted by molar-refractivity contribution is 0.239. The van der Waals surface area contributed by atoms with Crippen molar-refractivity contribution in [2.24, 2.45) is 0 Å². The van der Waals surface area contributed by atoms with Gasteiger partial charge >= 0.3 is 6.03 Å². The third-order valence-electron chi connectivity index (χ3n) is 4.32. The van der Waals surface area contributed by atoms with Gasteiger partial charge in [-0.15, -0.1) is 10.2 Å². The zero-order valence-electron chi connectivity index (χ0n) is 17.2. The number of hydrogen-bond donors (Lipinski definition) is 2. The fraction of sp³-hybridized carbons (Fsp3) is 0.286. The first kappa shape index (κ1) is 21.0. The number of methoxy groups -OCH3 is 2. The van der Waals surface area contributed by atoms with Gasteiger partial charge in [-0.1, -0.05) is 18.2 Å². The van der Waals surface area contributed by atoms with Crippen LogP contribution in [0.1, 0.15) is 18.3 Å². The van der Waals surface area contributed by atoms with Gasteiger partial charge in [0.05, 0.1) is 27.4 Å². The van der Waals surface area contributed by atoms with E-state index in [1.54, 1.807) is 32.7 Å². The molecule has 0 unspecified atom stereocenters. The largest absolute Gasteiger partial charge is 0.493 e. The lowest BCUT2D eigenvalue weighted by atomic mass is 10.2. The number of amides is 2. The minimum atomic E-state index is -0.329. The van der Waals surface area contributed by atoms with Crippen LogP contribution in [0.2, 0.25) is 0 Å². The average molecular weight is 411 g/mol. The van der Waals surface area contributed by atoms with Crippen molar-refractivity contribution >= 4 is 6.03 Å². The summed E-state index contributed by atoms with van der Waals surface area (Å²) < 4.78 is 18.2. The van der Waals surface area contributed by atoms with E-state index in [9.17, 15) is 4.79 Å². The predicted molar refractivity (Wildman–Crippen MR) is 111 cm³/mol. The molecule has 1 aromatic heterocycles. The van der Waals surface area contributed by atoms with E-state index in [4.69, 9.17) is 14.2 Å². The number of rotatable bonds is 9. The Labute approximate surface area is 175 Å². The Morgan fingerprint density at radius 1 is 1.03 bits per heavy atom. The Bertz CT molecular complexity index is 950. The number of hydrogen-bond acceptors (Lipinski definition) is 6. The predicted octanol–water partition coefficient (Wildman–Crippen LogP) is 2.68. The minimum Gasteiger partial charge on any atom is -0.493 e. The van der Waals surface area contributed by atoms with E-state index in [0.717, 1.165) is 11.3 Å². The first-order chi connectivity index (χ1) is 14.7. The highest BCUT2D eigenvalue weighted by atomic mass is 16.5. The van der Waals surface area contributed by atoms with E-state index in [2.05, 4.69) is 20.8 Å². The second kappa shape index (κ2) is 10.1. The van der Waals surface area contributed by atoms with Gasteiger partial charge in [-0.2, -0.15) is 0 Å². The van der Waals surface area contributed by atoms with Crippen molar-refractivity contribution in [3.8, 4) is 22.9 Å². The third-order valence-corrected chi connectivity index (χ3v) is 4.32. The molecule has 0 atom stereocenters. The van der Waals surface area contributed by atoms with Gasteiger partial charge < -0.3 is 24.8 Å².